The highest BCUT2D eigenvalue weighted by Crippen LogP contribution is 2.20. The van der Waals surface area contributed by atoms with Crippen LogP contribution < -0.4 is 4.90 Å². The normalized spacial score (nSPS) is 10.2. The van der Waals surface area contributed by atoms with Gasteiger partial charge in [0.1, 0.15) is 0 Å². The molecule has 1 amide bonds. The molecule has 0 aliphatic rings. The van der Waals surface area contributed by atoms with Gasteiger partial charge in [0, 0.05) is 18.4 Å². The molecule has 0 aliphatic heterocycles. The highest BCUT2D eigenvalue weighted by atomic mass is 16.2. The summed E-state index contributed by atoms with van der Waals surface area (Å²) in [5.41, 5.74) is 3.88. The van der Waals surface area contributed by atoms with E-state index in [-0.39, 0.29) is 5.91 Å². The number of terminal acetylenes is 1. The molecule has 0 saturated carbocycles. The fourth-order valence-corrected chi connectivity index (χ4v) is 2.72. The van der Waals surface area contributed by atoms with E-state index >= 15 is 0 Å². The summed E-state index contributed by atoms with van der Waals surface area (Å²) in [4.78, 5) is 18.1. The fraction of sp³-hybridized carbons (Fsp3) is 0.143. The summed E-state index contributed by atoms with van der Waals surface area (Å²) in [6, 6.07) is 17.7. The molecular weight excluding hydrogens is 310 g/mol. The van der Waals surface area contributed by atoms with Gasteiger partial charge in [-0.2, -0.15) is 0 Å². The van der Waals surface area contributed by atoms with Gasteiger partial charge in [0.15, 0.2) is 0 Å². The largest absolute Gasteiger partial charge is 0.333 e. The smallest absolute Gasteiger partial charge is 0.302 e. The Balaban J connectivity index is 1.86. The topological polar surface area (TPSA) is 38.1 Å². The van der Waals surface area contributed by atoms with Crippen LogP contribution in [0.25, 0.3) is 0 Å². The van der Waals surface area contributed by atoms with Gasteiger partial charge < -0.3 is 4.57 Å². The van der Waals surface area contributed by atoms with Crippen molar-refractivity contribution >= 4 is 11.6 Å². The van der Waals surface area contributed by atoms with Crippen molar-refractivity contribution in [2.75, 3.05) is 4.90 Å². The van der Waals surface area contributed by atoms with Crippen LogP contribution in [0.2, 0.25) is 0 Å². The van der Waals surface area contributed by atoms with E-state index in [0.29, 0.717) is 13.1 Å². The zero-order valence-corrected chi connectivity index (χ0v) is 14.1. The van der Waals surface area contributed by atoms with Crippen molar-refractivity contribution in [2.45, 2.75) is 20.0 Å². The van der Waals surface area contributed by atoms with E-state index in [1.54, 1.807) is 11.2 Å². The van der Waals surface area contributed by atoms with Crippen LogP contribution in [0.1, 0.15) is 16.8 Å². The second kappa shape index (κ2) is 7.50. The molecule has 4 nitrogen and oxygen atoms in total. The molecule has 0 atom stereocenters. The van der Waals surface area contributed by atoms with Crippen LogP contribution in [0.4, 0.5) is 5.69 Å². The molecule has 0 saturated heterocycles. The minimum atomic E-state index is -0.348. The molecule has 4 heteroatoms. The summed E-state index contributed by atoms with van der Waals surface area (Å²) >= 11 is 0. The molecule has 2 aromatic carbocycles. The van der Waals surface area contributed by atoms with Crippen molar-refractivity contribution in [1.82, 2.24) is 9.55 Å². The molecule has 124 valence electrons. The molecule has 0 spiro atoms. The Bertz CT molecular complexity index is 906. The molecule has 0 N–H and O–H groups in total. The zero-order chi connectivity index (χ0) is 17.6. The van der Waals surface area contributed by atoms with E-state index in [1.165, 1.54) is 0 Å². The minimum Gasteiger partial charge on any atom is -0.333 e. The van der Waals surface area contributed by atoms with Crippen LogP contribution in [0, 0.1) is 19.3 Å². The van der Waals surface area contributed by atoms with Crippen molar-refractivity contribution in [1.29, 1.82) is 0 Å². The van der Waals surface area contributed by atoms with Gasteiger partial charge in [-0.1, -0.05) is 42.5 Å². The number of anilines is 1. The molecule has 1 aromatic heterocycles. The predicted octanol–water partition coefficient (Wildman–Crippen LogP) is 3.41. The van der Waals surface area contributed by atoms with Crippen LogP contribution in [0.15, 0.2) is 67.1 Å². The summed E-state index contributed by atoms with van der Waals surface area (Å²) < 4.78 is 2.01. The maximum absolute atomic E-state index is 12.3. The molecule has 25 heavy (non-hydrogen) atoms. The number of hydrogen-bond acceptors (Lipinski definition) is 2. The van der Waals surface area contributed by atoms with E-state index in [1.807, 2.05) is 72.3 Å². The summed E-state index contributed by atoms with van der Waals surface area (Å²) in [6.45, 7) is 3.09. The fourth-order valence-electron chi connectivity index (χ4n) is 2.72. The van der Waals surface area contributed by atoms with E-state index in [9.17, 15) is 4.79 Å². The van der Waals surface area contributed by atoms with E-state index in [2.05, 4.69) is 10.9 Å². The minimum absolute atomic E-state index is 0.348. The Morgan fingerprint density at radius 2 is 1.92 bits per heavy atom. The van der Waals surface area contributed by atoms with Gasteiger partial charge in [-0.05, 0) is 36.1 Å². The first-order chi connectivity index (χ1) is 12.2. The predicted molar refractivity (Wildman–Crippen MR) is 99.0 cm³/mol. The third-order valence-corrected chi connectivity index (χ3v) is 3.90. The van der Waals surface area contributed by atoms with Crippen molar-refractivity contribution in [3.05, 3.63) is 83.9 Å². The standard InChI is InChI=1S/C21H19N3O/c1-3-21(25)24(15-18-8-5-4-6-9-18)20-11-7-10-19(12-20)14-23-13-17(2)22-16-23/h1,4-13,16H,14-15H2,2H3. The number of carbonyl (C=O) groups excluding carboxylic acids is 1. The number of imidazole rings is 1. The lowest BCUT2D eigenvalue weighted by atomic mass is 10.1. The Hall–Kier alpha value is -3.32. The monoisotopic (exact) mass is 329 g/mol. The second-order valence-electron chi connectivity index (χ2n) is 5.88. The van der Waals surface area contributed by atoms with Crippen molar-refractivity contribution < 1.29 is 4.79 Å². The first kappa shape index (κ1) is 16.5. The number of amides is 1. The third kappa shape index (κ3) is 4.15. The Morgan fingerprint density at radius 3 is 2.60 bits per heavy atom. The first-order valence-corrected chi connectivity index (χ1v) is 8.05. The lowest BCUT2D eigenvalue weighted by Gasteiger charge is -2.21. The highest BCUT2D eigenvalue weighted by molar-refractivity contribution is 6.05. The molecule has 3 aromatic rings. The van der Waals surface area contributed by atoms with Gasteiger partial charge in [-0.25, -0.2) is 4.98 Å². The van der Waals surface area contributed by atoms with Crippen molar-refractivity contribution in [3.63, 3.8) is 0 Å². The SMILES string of the molecule is C#CC(=O)N(Cc1ccccc1)c1cccc(Cn2cnc(C)c2)c1. The molecule has 0 unspecified atom stereocenters. The van der Waals surface area contributed by atoms with Gasteiger partial charge >= 0.3 is 5.91 Å². The number of carbonyl (C=O) groups is 1. The zero-order valence-electron chi connectivity index (χ0n) is 14.1. The molecule has 0 radical (unpaired) electrons. The molecular formula is C21H19N3O. The lowest BCUT2D eigenvalue weighted by Crippen LogP contribution is -2.29. The van der Waals surface area contributed by atoms with E-state index < -0.39 is 0 Å². The van der Waals surface area contributed by atoms with Gasteiger partial charge in [0.25, 0.3) is 0 Å². The van der Waals surface area contributed by atoms with Crippen LogP contribution in [0.3, 0.4) is 0 Å². The molecule has 0 bridgehead atoms. The summed E-state index contributed by atoms with van der Waals surface area (Å²) in [5.74, 6) is 1.88. The lowest BCUT2D eigenvalue weighted by molar-refractivity contribution is -0.113. The second-order valence-corrected chi connectivity index (χ2v) is 5.88. The quantitative estimate of drug-likeness (QED) is 0.673. The van der Waals surface area contributed by atoms with Gasteiger partial charge in [-0.15, -0.1) is 6.42 Å². The van der Waals surface area contributed by atoms with Gasteiger partial charge in [-0.3, -0.25) is 9.69 Å². The average Bonchev–Trinajstić information content (AvgIpc) is 3.05. The summed E-state index contributed by atoms with van der Waals surface area (Å²) in [6.07, 6.45) is 9.16. The molecule has 3 rings (SSSR count). The van der Waals surface area contributed by atoms with Crippen LogP contribution in [-0.4, -0.2) is 15.5 Å². The van der Waals surface area contributed by atoms with E-state index in [0.717, 1.165) is 22.5 Å². The van der Waals surface area contributed by atoms with E-state index in [4.69, 9.17) is 6.42 Å². The number of aryl methyl sites for hydroxylation is 1. The van der Waals surface area contributed by atoms with Crippen molar-refractivity contribution in [2.24, 2.45) is 0 Å². The number of benzene rings is 2. The Kier molecular flexibility index (Phi) is 4.96. The number of nitrogens with zero attached hydrogens (tertiary/aromatic N) is 3. The van der Waals surface area contributed by atoms with Gasteiger partial charge in [0.05, 0.1) is 18.6 Å². The number of hydrogen-bond donors (Lipinski definition) is 0. The number of aromatic nitrogens is 2. The highest BCUT2D eigenvalue weighted by Gasteiger charge is 2.14. The van der Waals surface area contributed by atoms with Crippen LogP contribution in [0.5, 0.6) is 0 Å². The summed E-state index contributed by atoms with van der Waals surface area (Å²) in [7, 11) is 0. The van der Waals surface area contributed by atoms with Gasteiger partial charge in [0.2, 0.25) is 0 Å². The average molecular weight is 329 g/mol. The maximum atomic E-state index is 12.3. The maximum Gasteiger partial charge on any atom is 0.302 e. The third-order valence-electron chi connectivity index (χ3n) is 3.90. The Labute approximate surface area is 147 Å². The summed E-state index contributed by atoms with van der Waals surface area (Å²) in [5, 5.41) is 0. The molecule has 1 heterocycles. The Morgan fingerprint density at radius 1 is 1.16 bits per heavy atom. The van der Waals surface area contributed by atoms with Crippen LogP contribution >= 0.6 is 0 Å². The van der Waals surface area contributed by atoms with Crippen LogP contribution in [-0.2, 0) is 17.9 Å². The first-order valence-electron chi connectivity index (χ1n) is 8.05. The molecule has 0 aliphatic carbocycles. The molecule has 0 fully saturated rings. The van der Waals surface area contributed by atoms with Crippen molar-refractivity contribution in [3.8, 4) is 12.3 Å². The number of rotatable bonds is 5.